The minimum Gasteiger partial charge on any atom is -0.477 e. The number of nitriles is 1. The van der Waals surface area contributed by atoms with E-state index in [4.69, 9.17) is 5.26 Å². The standard InChI is InChI=1S/C19H10F4N2O3/c20-12-5-6-15-13(7-12)16(14(8-24)18(27)28)17(26)25(15)9-10-1-3-11(4-2-10)19(21,22)23/h1-7H,9H2,(H,27,28)/b16-14+. The number of amides is 1. The van der Waals surface area contributed by atoms with Gasteiger partial charge in [-0.3, -0.25) is 4.79 Å². The maximum Gasteiger partial charge on any atom is 0.416 e. The van der Waals surface area contributed by atoms with Crippen molar-refractivity contribution in [1.82, 2.24) is 0 Å². The van der Waals surface area contributed by atoms with Gasteiger partial charge in [-0.1, -0.05) is 12.1 Å². The van der Waals surface area contributed by atoms with Crippen molar-refractivity contribution in [2.24, 2.45) is 0 Å². The summed E-state index contributed by atoms with van der Waals surface area (Å²) in [5, 5.41) is 18.3. The monoisotopic (exact) mass is 390 g/mol. The molecule has 9 heteroatoms. The lowest BCUT2D eigenvalue weighted by Crippen LogP contribution is -2.26. The third-order valence-electron chi connectivity index (χ3n) is 4.18. The molecule has 0 unspecified atom stereocenters. The van der Waals surface area contributed by atoms with Gasteiger partial charge in [0.15, 0.2) is 5.57 Å². The Hall–Kier alpha value is -3.67. The number of aliphatic carboxylic acids is 1. The zero-order chi connectivity index (χ0) is 20.6. The van der Waals surface area contributed by atoms with Crippen LogP contribution in [0.5, 0.6) is 0 Å². The fourth-order valence-electron chi connectivity index (χ4n) is 2.89. The van der Waals surface area contributed by atoms with Gasteiger partial charge in [-0.2, -0.15) is 18.4 Å². The zero-order valence-corrected chi connectivity index (χ0v) is 13.9. The molecular weight excluding hydrogens is 380 g/mol. The van der Waals surface area contributed by atoms with E-state index in [0.717, 1.165) is 29.2 Å². The summed E-state index contributed by atoms with van der Waals surface area (Å²) in [6, 6.07) is 8.75. The number of nitrogens with zero attached hydrogens (tertiary/aromatic N) is 2. The van der Waals surface area contributed by atoms with Crippen molar-refractivity contribution in [3.05, 3.63) is 70.5 Å². The summed E-state index contributed by atoms with van der Waals surface area (Å²) in [6.07, 6.45) is -4.51. The number of alkyl halides is 3. The van der Waals surface area contributed by atoms with Gasteiger partial charge in [0.1, 0.15) is 11.9 Å². The van der Waals surface area contributed by atoms with E-state index in [2.05, 4.69) is 0 Å². The fourth-order valence-corrected chi connectivity index (χ4v) is 2.89. The molecule has 2 aromatic rings. The molecule has 0 saturated heterocycles. The molecule has 5 nitrogen and oxygen atoms in total. The average molecular weight is 390 g/mol. The molecule has 0 saturated carbocycles. The van der Waals surface area contributed by atoms with Gasteiger partial charge in [-0.05, 0) is 35.9 Å². The van der Waals surface area contributed by atoms with Crippen LogP contribution in [0.1, 0.15) is 16.7 Å². The molecule has 2 aromatic carbocycles. The second-order valence-electron chi connectivity index (χ2n) is 5.91. The van der Waals surface area contributed by atoms with E-state index in [-0.39, 0.29) is 17.8 Å². The molecule has 0 spiro atoms. The molecule has 3 rings (SSSR count). The van der Waals surface area contributed by atoms with Crippen LogP contribution in [-0.4, -0.2) is 17.0 Å². The van der Waals surface area contributed by atoms with Crippen LogP contribution in [0, 0.1) is 17.1 Å². The van der Waals surface area contributed by atoms with Crippen molar-refractivity contribution in [3.8, 4) is 6.07 Å². The van der Waals surface area contributed by atoms with Gasteiger partial charge >= 0.3 is 12.1 Å². The molecule has 28 heavy (non-hydrogen) atoms. The summed E-state index contributed by atoms with van der Waals surface area (Å²) in [6.45, 7) is -0.183. The van der Waals surface area contributed by atoms with Gasteiger partial charge in [0.05, 0.1) is 23.4 Å². The first-order valence-corrected chi connectivity index (χ1v) is 7.79. The Morgan fingerprint density at radius 2 is 1.79 bits per heavy atom. The largest absolute Gasteiger partial charge is 0.477 e. The fraction of sp³-hybridized carbons (Fsp3) is 0.105. The number of halogens is 4. The van der Waals surface area contributed by atoms with Crippen LogP contribution >= 0.6 is 0 Å². The van der Waals surface area contributed by atoms with E-state index in [0.29, 0.717) is 5.56 Å². The summed E-state index contributed by atoms with van der Waals surface area (Å²) in [5.41, 5.74) is -1.72. The number of hydrogen-bond acceptors (Lipinski definition) is 3. The summed E-state index contributed by atoms with van der Waals surface area (Å²) < 4.78 is 51.7. The lowest BCUT2D eigenvalue weighted by molar-refractivity contribution is -0.137. The Balaban J connectivity index is 2.05. The molecule has 1 aliphatic heterocycles. The minimum absolute atomic E-state index is 0.0594. The van der Waals surface area contributed by atoms with Gasteiger partial charge in [-0.15, -0.1) is 0 Å². The van der Waals surface area contributed by atoms with Crippen LogP contribution in [0.15, 0.2) is 48.0 Å². The van der Waals surface area contributed by atoms with Crippen molar-refractivity contribution in [1.29, 1.82) is 5.26 Å². The molecule has 1 amide bonds. The Morgan fingerprint density at radius 3 is 2.32 bits per heavy atom. The van der Waals surface area contributed by atoms with Crippen molar-refractivity contribution < 1.29 is 32.3 Å². The SMILES string of the molecule is N#C/C(C(=O)O)=C1\C(=O)N(Cc2ccc(C(F)(F)F)cc2)c2ccc(F)cc21. The first kappa shape index (κ1) is 19.1. The van der Waals surface area contributed by atoms with Gasteiger partial charge < -0.3 is 10.0 Å². The van der Waals surface area contributed by atoms with Crippen molar-refractivity contribution in [3.63, 3.8) is 0 Å². The molecule has 0 aromatic heterocycles. The highest BCUT2D eigenvalue weighted by molar-refractivity contribution is 6.36. The zero-order valence-electron chi connectivity index (χ0n) is 13.9. The molecule has 142 valence electrons. The van der Waals surface area contributed by atoms with E-state index in [1.54, 1.807) is 0 Å². The third kappa shape index (κ3) is 3.32. The lowest BCUT2D eigenvalue weighted by atomic mass is 10.0. The number of fused-ring (bicyclic) bond motifs is 1. The predicted octanol–water partition coefficient (Wildman–Crippen LogP) is 3.75. The van der Waals surface area contributed by atoms with Crippen LogP contribution < -0.4 is 4.90 Å². The molecular formula is C19H10F4N2O3. The highest BCUT2D eigenvalue weighted by Crippen LogP contribution is 2.40. The number of anilines is 1. The van der Waals surface area contributed by atoms with Crippen molar-refractivity contribution in [2.45, 2.75) is 12.7 Å². The number of carbonyl (C=O) groups is 2. The average Bonchev–Trinajstić information content (AvgIpc) is 2.87. The smallest absolute Gasteiger partial charge is 0.416 e. The maximum atomic E-state index is 13.7. The van der Waals surface area contributed by atoms with Crippen LogP contribution in [0.25, 0.3) is 5.57 Å². The highest BCUT2D eigenvalue weighted by atomic mass is 19.4. The van der Waals surface area contributed by atoms with Crippen LogP contribution in [0.3, 0.4) is 0 Å². The first-order valence-electron chi connectivity index (χ1n) is 7.79. The van der Waals surface area contributed by atoms with Gasteiger partial charge in [0.2, 0.25) is 0 Å². The molecule has 1 aliphatic rings. The Labute approximate surface area is 155 Å². The second-order valence-corrected chi connectivity index (χ2v) is 5.91. The van der Waals surface area contributed by atoms with Crippen LogP contribution in [-0.2, 0) is 22.3 Å². The maximum absolute atomic E-state index is 13.7. The van der Waals surface area contributed by atoms with E-state index >= 15 is 0 Å². The molecule has 0 bridgehead atoms. The number of rotatable bonds is 3. The molecule has 0 atom stereocenters. The Bertz CT molecular complexity index is 1050. The molecule has 1 N–H and O–H groups in total. The Kier molecular flexibility index (Phi) is 4.65. The third-order valence-corrected chi connectivity index (χ3v) is 4.18. The number of hydrogen-bond donors (Lipinski definition) is 1. The molecule has 0 radical (unpaired) electrons. The van der Waals surface area contributed by atoms with Gasteiger partial charge in [0, 0.05) is 5.56 Å². The summed E-state index contributed by atoms with van der Waals surface area (Å²) in [7, 11) is 0. The second kappa shape index (κ2) is 6.81. The van der Waals surface area contributed by atoms with Crippen molar-refractivity contribution in [2.75, 3.05) is 4.90 Å². The Morgan fingerprint density at radius 1 is 1.14 bits per heavy atom. The summed E-state index contributed by atoms with van der Waals surface area (Å²) in [5.74, 6) is -3.22. The number of carbonyl (C=O) groups excluding carboxylic acids is 1. The van der Waals surface area contributed by atoms with E-state index < -0.39 is 40.6 Å². The lowest BCUT2D eigenvalue weighted by Gasteiger charge is -2.17. The number of carboxylic acid groups (broad SMARTS) is 1. The highest BCUT2D eigenvalue weighted by Gasteiger charge is 2.37. The quantitative estimate of drug-likeness (QED) is 0.492. The minimum atomic E-state index is -4.51. The van der Waals surface area contributed by atoms with Crippen LogP contribution in [0.2, 0.25) is 0 Å². The van der Waals surface area contributed by atoms with Crippen LogP contribution in [0.4, 0.5) is 23.2 Å². The van der Waals surface area contributed by atoms with Gasteiger partial charge in [0.25, 0.3) is 5.91 Å². The van der Waals surface area contributed by atoms with E-state index in [9.17, 15) is 32.3 Å². The molecule has 1 heterocycles. The predicted molar refractivity (Wildman–Crippen MR) is 89.2 cm³/mol. The number of benzene rings is 2. The molecule has 0 aliphatic carbocycles. The topological polar surface area (TPSA) is 81.4 Å². The van der Waals surface area contributed by atoms with E-state index in [1.165, 1.54) is 24.3 Å². The van der Waals surface area contributed by atoms with Gasteiger partial charge in [-0.25, -0.2) is 9.18 Å². The molecule has 0 fully saturated rings. The normalized spacial score (nSPS) is 15.2. The van der Waals surface area contributed by atoms with Crippen molar-refractivity contribution >= 4 is 23.1 Å². The van der Waals surface area contributed by atoms with E-state index in [1.807, 2.05) is 0 Å². The summed E-state index contributed by atoms with van der Waals surface area (Å²) in [4.78, 5) is 25.2. The number of carboxylic acids is 1. The summed E-state index contributed by atoms with van der Waals surface area (Å²) >= 11 is 0. The first-order chi connectivity index (χ1) is 13.1.